The topological polar surface area (TPSA) is 47.2 Å². The summed E-state index contributed by atoms with van der Waals surface area (Å²) in [6.07, 6.45) is 5.86. The van der Waals surface area contributed by atoms with Gasteiger partial charge in [0.25, 0.3) is 0 Å². The summed E-state index contributed by atoms with van der Waals surface area (Å²) in [6, 6.07) is 0. The van der Waals surface area contributed by atoms with Crippen molar-refractivity contribution in [1.29, 1.82) is 0 Å². The normalized spacial score (nSPS) is 11.8. The predicted molar refractivity (Wildman–Crippen MR) is 86.9 cm³/mol. The molecule has 0 saturated heterocycles. The molecule has 3 rings (SSSR count). The molecule has 0 saturated carbocycles. The highest BCUT2D eigenvalue weighted by atomic mass is 32.2. The van der Waals surface area contributed by atoms with Crippen molar-refractivity contribution in [3.8, 4) is 0 Å². The van der Waals surface area contributed by atoms with Crippen molar-refractivity contribution in [2.75, 3.05) is 6.54 Å². The van der Waals surface area contributed by atoms with Crippen LogP contribution in [-0.4, -0.2) is 25.5 Å². The van der Waals surface area contributed by atoms with Crippen LogP contribution in [0.1, 0.15) is 19.5 Å². The van der Waals surface area contributed by atoms with Gasteiger partial charge in [0.1, 0.15) is 5.03 Å². The molecule has 5 nitrogen and oxygen atoms in total. The Bertz CT molecular complexity index is 725. The molecule has 0 spiro atoms. The van der Waals surface area contributed by atoms with Crippen LogP contribution in [0.4, 0.5) is 0 Å². The van der Waals surface area contributed by atoms with Gasteiger partial charge in [0, 0.05) is 37.6 Å². The molecule has 0 radical (unpaired) electrons. The van der Waals surface area contributed by atoms with Gasteiger partial charge in [-0.1, -0.05) is 13.8 Å². The maximum Gasteiger partial charge on any atom is 0.194 e. The first-order chi connectivity index (χ1) is 10.1. The third-order valence-corrected chi connectivity index (χ3v) is 4.99. The molecule has 7 heteroatoms. The van der Waals surface area contributed by atoms with Gasteiger partial charge in [0.2, 0.25) is 0 Å². The van der Waals surface area contributed by atoms with Crippen molar-refractivity contribution in [2.45, 2.75) is 30.6 Å². The summed E-state index contributed by atoms with van der Waals surface area (Å²) in [6.45, 7) is 6.26. The minimum atomic E-state index is 0.640. The van der Waals surface area contributed by atoms with Crippen LogP contribution in [-0.2, 0) is 13.6 Å². The molecular formula is C14H19N5S2. The van der Waals surface area contributed by atoms with Gasteiger partial charge in [-0.05, 0) is 24.2 Å². The van der Waals surface area contributed by atoms with E-state index >= 15 is 0 Å². The second-order valence-electron chi connectivity index (χ2n) is 5.37. The molecule has 0 fully saturated rings. The molecule has 0 aliphatic rings. The number of thiazole rings is 1. The molecule has 0 amide bonds. The standard InChI is InChI=1S/C14H19N5S2/c1-10(2)8-15-9-11-12(17-14-19(11)6-7-20-14)21-13-16-4-5-18(13)3/h4-7,10,15H,8-9H2,1-3H3. The van der Waals surface area contributed by atoms with Gasteiger partial charge in [-0.3, -0.25) is 4.40 Å². The lowest BCUT2D eigenvalue weighted by molar-refractivity contribution is 0.544. The number of fused-ring (bicyclic) bond motifs is 1. The first-order valence-electron chi connectivity index (χ1n) is 6.95. The maximum absolute atomic E-state index is 4.74. The van der Waals surface area contributed by atoms with E-state index in [0.717, 1.165) is 28.2 Å². The Morgan fingerprint density at radius 3 is 2.95 bits per heavy atom. The van der Waals surface area contributed by atoms with E-state index in [0.29, 0.717) is 5.92 Å². The van der Waals surface area contributed by atoms with E-state index in [4.69, 9.17) is 4.98 Å². The third-order valence-electron chi connectivity index (χ3n) is 3.13. The largest absolute Gasteiger partial charge is 0.329 e. The Morgan fingerprint density at radius 1 is 1.38 bits per heavy atom. The number of hydrogen-bond donors (Lipinski definition) is 1. The lowest BCUT2D eigenvalue weighted by atomic mass is 10.2. The SMILES string of the molecule is CC(C)CNCc1c(Sc2nccn2C)nc2sccn12. The number of nitrogens with one attached hydrogen (secondary N) is 1. The summed E-state index contributed by atoms with van der Waals surface area (Å²) in [5.41, 5.74) is 1.21. The number of aromatic nitrogens is 4. The van der Waals surface area contributed by atoms with Crippen LogP contribution in [0.15, 0.2) is 34.2 Å². The number of hydrogen-bond acceptors (Lipinski definition) is 5. The van der Waals surface area contributed by atoms with Crippen molar-refractivity contribution in [3.63, 3.8) is 0 Å². The zero-order valence-corrected chi connectivity index (χ0v) is 14.0. The summed E-state index contributed by atoms with van der Waals surface area (Å²) >= 11 is 3.29. The Morgan fingerprint density at radius 2 is 2.24 bits per heavy atom. The zero-order valence-electron chi connectivity index (χ0n) is 12.4. The molecule has 21 heavy (non-hydrogen) atoms. The van der Waals surface area contributed by atoms with Crippen molar-refractivity contribution in [3.05, 3.63) is 29.7 Å². The molecule has 1 N–H and O–H groups in total. The highest BCUT2D eigenvalue weighted by Gasteiger charge is 2.16. The van der Waals surface area contributed by atoms with Gasteiger partial charge >= 0.3 is 0 Å². The second kappa shape index (κ2) is 6.21. The predicted octanol–water partition coefficient (Wildman–Crippen LogP) is 3.03. The van der Waals surface area contributed by atoms with E-state index in [2.05, 4.69) is 40.1 Å². The molecule has 0 aliphatic carbocycles. The fourth-order valence-corrected chi connectivity index (χ4v) is 3.77. The first-order valence-corrected chi connectivity index (χ1v) is 8.65. The highest BCUT2D eigenvalue weighted by Crippen LogP contribution is 2.30. The van der Waals surface area contributed by atoms with Gasteiger partial charge < -0.3 is 9.88 Å². The van der Waals surface area contributed by atoms with Crippen molar-refractivity contribution >= 4 is 28.1 Å². The zero-order chi connectivity index (χ0) is 14.8. The van der Waals surface area contributed by atoms with E-state index in [1.807, 2.05) is 24.0 Å². The maximum atomic E-state index is 4.74. The molecule has 0 bridgehead atoms. The van der Waals surface area contributed by atoms with Gasteiger partial charge in [0.05, 0.1) is 5.69 Å². The van der Waals surface area contributed by atoms with Crippen LogP contribution >= 0.6 is 23.1 Å². The molecule has 0 atom stereocenters. The van der Waals surface area contributed by atoms with Crippen molar-refractivity contribution in [2.24, 2.45) is 13.0 Å². The fraction of sp³-hybridized carbons (Fsp3) is 0.429. The second-order valence-corrected chi connectivity index (χ2v) is 7.20. The highest BCUT2D eigenvalue weighted by molar-refractivity contribution is 7.99. The summed E-state index contributed by atoms with van der Waals surface area (Å²) < 4.78 is 4.19. The van der Waals surface area contributed by atoms with E-state index in [9.17, 15) is 0 Å². The molecule has 112 valence electrons. The Kier molecular flexibility index (Phi) is 4.32. The van der Waals surface area contributed by atoms with Crippen LogP contribution in [0.2, 0.25) is 0 Å². The van der Waals surface area contributed by atoms with Gasteiger partial charge in [-0.2, -0.15) is 0 Å². The summed E-state index contributed by atoms with van der Waals surface area (Å²) in [5.74, 6) is 0.640. The van der Waals surface area contributed by atoms with Crippen LogP contribution in [0.25, 0.3) is 4.96 Å². The lowest BCUT2D eigenvalue weighted by Gasteiger charge is -2.08. The minimum Gasteiger partial charge on any atom is -0.329 e. The molecule has 0 aromatic carbocycles. The van der Waals surface area contributed by atoms with Crippen molar-refractivity contribution in [1.82, 2.24) is 24.3 Å². The fourth-order valence-electron chi connectivity index (χ4n) is 2.07. The van der Waals surface area contributed by atoms with Crippen LogP contribution < -0.4 is 5.32 Å². The molecule has 3 aromatic heterocycles. The Labute approximate surface area is 132 Å². The van der Waals surface area contributed by atoms with E-state index in [1.54, 1.807) is 23.1 Å². The molecule has 0 aliphatic heterocycles. The average Bonchev–Trinajstić information content (AvgIpc) is 3.10. The van der Waals surface area contributed by atoms with Crippen LogP contribution in [0.5, 0.6) is 0 Å². The smallest absolute Gasteiger partial charge is 0.194 e. The minimum absolute atomic E-state index is 0.640. The summed E-state index contributed by atoms with van der Waals surface area (Å²) in [4.78, 5) is 10.1. The van der Waals surface area contributed by atoms with Crippen molar-refractivity contribution < 1.29 is 0 Å². The number of aryl methyl sites for hydroxylation is 1. The monoisotopic (exact) mass is 321 g/mol. The third kappa shape index (κ3) is 3.14. The van der Waals surface area contributed by atoms with E-state index < -0.39 is 0 Å². The molecule has 0 unspecified atom stereocenters. The molecular weight excluding hydrogens is 302 g/mol. The van der Waals surface area contributed by atoms with Crippen LogP contribution in [0.3, 0.4) is 0 Å². The lowest BCUT2D eigenvalue weighted by Crippen LogP contribution is -2.20. The first kappa shape index (κ1) is 14.6. The quantitative estimate of drug-likeness (QED) is 0.758. The summed E-state index contributed by atoms with van der Waals surface area (Å²) in [7, 11) is 2.00. The Balaban J connectivity index is 1.86. The van der Waals surface area contributed by atoms with Gasteiger partial charge in [0.15, 0.2) is 10.1 Å². The number of rotatable bonds is 6. The molecule has 3 aromatic rings. The van der Waals surface area contributed by atoms with E-state index in [1.165, 1.54) is 5.69 Å². The van der Waals surface area contributed by atoms with Gasteiger partial charge in [-0.25, -0.2) is 9.97 Å². The summed E-state index contributed by atoms with van der Waals surface area (Å²) in [5, 5.41) is 7.58. The average molecular weight is 321 g/mol. The molecule has 3 heterocycles. The van der Waals surface area contributed by atoms with E-state index in [-0.39, 0.29) is 0 Å². The van der Waals surface area contributed by atoms with Gasteiger partial charge in [-0.15, -0.1) is 11.3 Å². The number of imidazole rings is 2. The number of nitrogens with zero attached hydrogens (tertiary/aromatic N) is 4. The Hall–Kier alpha value is -1.31. The van der Waals surface area contributed by atoms with Crippen LogP contribution in [0, 0.1) is 5.92 Å².